The number of carbonyl (C=O) groups excluding carboxylic acids is 3. The number of nitrogens with one attached hydrogen (secondary N) is 2. The van der Waals surface area contributed by atoms with Crippen LogP contribution < -0.4 is 10.2 Å². The third kappa shape index (κ3) is 5.14. The standard InChI is InChI=1S/C28H27F2N4O5P/c1-33(19-7-3-2-4-8-19)27(37)24-14-12-20-9-5-6-10-22(26(36)34(20)24)32-25(35)23-16-17-15-18(11-13-21(17)31-23)28(29,30)40(38)39/h2-8,11,13,15-16,20,22,24H,9-10,12,14H2,1H3,(H2-,31,32,35,38,39)/p+1/b6-5-/t20-,22-,24-/m0/s1. The molecule has 12 heteroatoms. The molecule has 3 N–H and O–H groups in total. The lowest BCUT2D eigenvalue weighted by Gasteiger charge is -2.35. The van der Waals surface area contributed by atoms with Gasteiger partial charge in [0.2, 0.25) is 11.8 Å². The van der Waals surface area contributed by atoms with Crippen molar-refractivity contribution in [1.29, 1.82) is 0 Å². The van der Waals surface area contributed by atoms with Gasteiger partial charge < -0.3 is 20.1 Å². The summed E-state index contributed by atoms with van der Waals surface area (Å²) in [6.45, 7) is 0. The highest BCUT2D eigenvalue weighted by Crippen LogP contribution is 2.47. The van der Waals surface area contributed by atoms with Gasteiger partial charge in [-0.2, -0.15) is 4.89 Å². The number of aromatic nitrogens is 1. The molecule has 3 amide bonds. The van der Waals surface area contributed by atoms with Crippen molar-refractivity contribution in [3.63, 3.8) is 0 Å². The number of fused-ring (bicyclic) bond motifs is 2. The Morgan fingerprint density at radius 3 is 2.55 bits per heavy atom. The second-order valence-corrected chi connectivity index (χ2v) is 11.1. The molecule has 1 aromatic heterocycles. The van der Waals surface area contributed by atoms with Gasteiger partial charge >= 0.3 is 13.7 Å². The van der Waals surface area contributed by atoms with Crippen LogP contribution in [0.3, 0.4) is 0 Å². The number of rotatable bonds is 6. The lowest BCUT2D eigenvalue weighted by molar-refractivity contribution is -0.141. The summed E-state index contributed by atoms with van der Waals surface area (Å²) in [7, 11) is -2.11. The number of anilines is 1. The van der Waals surface area contributed by atoms with Crippen LogP contribution in [0.25, 0.3) is 10.9 Å². The maximum atomic E-state index is 14.0. The Bertz CT molecular complexity index is 1510. The zero-order chi connectivity index (χ0) is 28.6. The fourth-order valence-electron chi connectivity index (χ4n) is 5.37. The third-order valence-electron chi connectivity index (χ3n) is 7.52. The van der Waals surface area contributed by atoms with Crippen LogP contribution in [0, 0.1) is 0 Å². The van der Waals surface area contributed by atoms with Crippen LogP contribution >= 0.6 is 8.03 Å². The monoisotopic (exact) mass is 569 g/mol. The summed E-state index contributed by atoms with van der Waals surface area (Å²) in [4.78, 5) is 55.4. The van der Waals surface area contributed by atoms with Crippen LogP contribution in [0.2, 0.25) is 0 Å². The van der Waals surface area contributed by atoms with E-state index < -0.39 is 37.2 Å². The van der Waals surface area contributed by atoms with E-state index in [0.29, 0.717) is 30.5 Å². The maximum Gasteiger partial charge on any atom is 0.589 e. The van der Waals surface area contributed by atoms with Gasteiger partial charge in [0.15, 0.2) is 0 Å². The highest BCUT2D eigenvalue weighted by molar-refractivity contribution is 7.39. The molecule has 3 heterocycles. The molecule has 0 bridgehead atoms. The van der Waals surface area contributed by atoms with Gasteiger partial charge in [-0.15, -0.1) is 8.78 Å². The zero-order valence-electron chi connectivity index (χ0n) is 21.6. The molecular formula is C28H28F2N4O5P+. The Morgan fingerprint density at radius 1 is 1.10 bits per heavy atom. The van der Waals surface area contributed by atoms with Gasteiger partial charge in [-0.25, -0.2) is 0 Å². The number of alkyl halides is 2. The first-order chi connectivity index (χ1) is 19.1. The fraction of sp³-hybridized carbons (Fsp3) is 0.321. The minimum Gasteiger partial charge on any atom is -0.351 e. The van der Waals surface area contributed by atoms with Crippen molar-refractivity contribution in [3.05, 3.63) is 78.0 Å². The van der Waals surface area contributed by atoms with Gasteiger partial charge in [-0.3, -0.25) is 14.4 Å². The summed E-state index contributed by atoms with van der Waals surface area (Å²) in [5, 5.41) is 2.98. The molecule has 4 atom stereocenters. The van der Waals surface area contributed by atoms with Crippen molar-refractivity contribution in [2.24, 2.45) is 0 Å². The van der Waals surface area contributed by atoms with Crippen LogP contribution in [0.1, 0.15) is 41.7 Å². The van der Waals surface area contributed by atoms with Gasteiger partial charge in [0.05, 0.1) is 5.56 Å². The van der Waals surface area contributed by atoms with Crippen LogP contribution in [0.5, 0.6) is 0 Å². The van der Waals surface area contributed by atoms with E-state index in [1.165, 1.54) is 17.0 Å². The number of benzene rings is 2. The van der Waals surface area contributed by atoms with E-state index in [1.807, 2.05) is 42.5 Å². The number of H-pyrrole nitrogens is 1. The van der Waals surface area contributed by atoms with E-state index >= 15 is 0 Å². The minimum atomic E-state index is -3.93. The molecule has 9 nitrogen and oxygen atoms in total. The van der Waals surface area contributed by atoms with Crippen molar-refractivity contribution >= 4 is 42.3 Å². The summed E-state index contributed by atoms with van der Waals surface area (Å²) in [6, 6.07) is 12.1. The molecule has 3 aromatic rings. The highest BCUT2D eigenvalue weighted by Gasteiger charge is 2.53. The first-order valence-electron chi connectivity index (χ1n) is 12.9. The zero-order valence-corrected chi connectivity index (χ0v) is 22.5. The van der Waals surface area contributed by atoms with E-state index in [-0.39, 0.29) is 35.4 Å². The first-order valence-corrected chi connectivity index (χ1v) is 14.1. The van der Waals surface area contributed by atoms with Gasteiger partial charge in [0.1, 0.15) is 17.8 Å². The molecule has 2 aliphatic rings. The number of nitrogens with zero attached hydrogens (tertiary/aromatic N) is 2. The Labute approximate surface area is 229 Å². The van der Waals surface area contributed by atoms with Crippen LogP contribution in [0.4, 0.5) is 14.5 Å². The molecule has 0 radical (unpaired) electrons. The first kappa shape index (κ1) is 27.6. The van der Waals surface area contributed by atoms with E-state index in [4.69, 9.17) is 4.89 Å². The molecule has 40 heavy (non-hydrogen) atoms. The van der Waals surface area contributed by atoms with Crippen molar-refractivity contribution in [3.8, 4) is 0 Å². The maximum absolute atomic E-state index is 14.0. The largest absolute Gasteiger partial charge is 0.589 e. The predicted molar refractivity (Wildman–Crippen MR) is 145 cm³/mol. The predicted octanol–water partition coefficient (Wildman–Crippen LogP) is 4.42. The fourth-order valence-corrected chi connectivity index (χ4v) is 5.73. The summed E-state index contributed by atoms with van der Waals surface area (Å²) >= 11 is 0. The molecule has 0 saturated carbocycles. The van der Waals surface area contributed by atoms with Crippen LogP contribution in [-0.4, -0.2) is 57.7 Å². The number of amides is 3. The smallest absolute Gasteiger partial charge is 0.351 e. The molecular weight excluding hydrogens is 541 g/mol. The second kappa shape index (κ2) is 10.9. The number of hydrogen-bond donors (Lipinski definition) is 3. The van der Waals surface area contributed by atoms with Crippen molar-refractivity contribution < 1.29 is 32.6 Å². The van der Waals surface area contributed by atoms with E-state index in [2.05, 4.69) is 10.3 Å². The summed E-state index contributed by atoms with van der Waals surface area (Å²) in [5.41, 5.74) is -3.46. The SMILES string of the molecule is CN(C(=O)[C@@H]1CC[C@@H]2C/C=C\C[C@H](NC(=O)c3cc4cc(C(F)(F)[P+](=O)O)ccc4[nH]3)C(=O)N21)c1ccccc1. The van der Waals surface area contributed by atoms with Crippen LogP contribution in [0.15, 0.2) is 66.7 Å². The van der Waals surface area contributed by atoms with Crippen molar-refractivity contribution in [2.75, 3.05) is 11.9 Å². The molecule has 1 fully saturated rings. The third-order valence-corrected chi connectivity index (χ3v) is 8.26. The van der Waals surface area contributed by atoms with E-state index in [1.54, 1.807) is 11.9 Å². The Morgan fingerprint density at radius 2 is 1.82 bits per heavy atom. The van der Waals surface area contributed by atoms with E-state index in [9.17, 15) is 27.7 Å². The average Bonchev–Trinajstić information content (AvgIpc) is 3.57. The number of likely N-dealkylation sites (N-methyl/N-ethyl adjacent to an activating group) is 1. The lowest BCUT2D eigenvalue weighted by Crippen LogP contribution is -2.56. The summed E-state index contributed by atoms with van der Waals surface area (Å²) in [5.74, 6) is -1.18. The Hall–Kier alpha value is -3.95. The molecule has 5 rings (SSSR count). The Balaban J connectivity index is 1.36. The molecule has 208 valence electrons. The van der Waals surface area contributed by atoms with Crippen molar-refractivity contribution in [1.82, 2.24) is 15.2 Å². The topological polar surface area (TPSA) is 123 Å². The number of halogens is 2. The van der Waals surface area contributed by atoms with E-state index in [0.717, 1.165) is 12.1 Å². The number of aromatic amines is 1. The highest BCUT2D eigenvalue weighted by atomic mass is 31.1. The molecule has 0 aliphatic carbocycles. The van der Waals surface area contributed by atoms with Crippen molar-refractivity contribution in [2.45, 2.75) is 49.5 Å². The lowest BCUT2D eigenvalue weighted by atomic mass is 10.0. The number of carbonyl (C=O) groups is 3. The Kier molecular flexibility index (Phi) is 7.53. The van der Waals surface area contributed by atoms with Gasteiger partial charge in [0.25, 0.3) is 5.91 Å². The normalized spacial score (nSPS) is 22.3. The quantitative estimate of drug-likeness (QED) is 0.300. The minimum absolute atomic E-state index is 0.0390. The number of para-hydroxylation sites is 1. The van der Waals surface area contributed by atoms with Gasteiger partial charge in [-0.05, 0) is 66.6 Å². The number of hydrogen-bond acceptors (Lipinski definition) is 4. The average molecular weight is 570 g/mol. The molecule has 2 aliphatic heterocycles. The summed E-state index contributed by atoms with van der Waals surface area (Å²) < 4.78 is 39.2. The molecule has 1 unspecified atom stereocenters. The molecule has 0 spiro atoms. The van der Waals surface area contributed by atoms with Crippen LogP contribution in [-0.2, 0) is 19.8 Å². The van der Waals surface area contributed by atoms with Gasteiger partial charge in [0, 0.05) is 29.7 Å². The molecule has 2 aromatic carbocycles. The second-order valence-electron chi connectivity index (χ2n) is 9.99. The van der Waals surface area contributed by atoms with Gasteiger partial charge in [-0.1, -0.05) is 30.4 Å². The summed E-state index contributed by atoms with van der Waals surface area (Å²) in [6.07, 6.45) is 5.79. The molecule has 1 saturated heterocycles.